The second-order valence-corrected chi connectivity index (χ2v) is 4.98. The van der Waals surface area contributed by atoms with E-state index < -0.39 is 5.60 Å². The molecule has 0 spiro atoms. The number of hydrazone groups is 1. The Bertz CT molecular complexity index is 412. The van der Waals surface area contributed by atoms with Crippen molar-refractivity contribution in [1.29, 1.82) is 0 Å². The fourth-order valence-electron chi connectivity index (χ4n) is 1.26. The van der Waals surface area contributed by atoms with Crippen molar-refractivity contribution in [3.8, 4) is 0 Å². The predicted octanol–water partition coefficient (Wildman–Crippen LogP) is 1.33. The molecular formula is C13H20N4O2. The van der Waals surface area contributed by atoms with Gasteiger partial charge in [0.25, 0.3) is 0 Å². The summed E-state index contributed by atoms with van der Waals surface area (Å²) in [7, 11) is 0. The minimum Gasteiger partial charge on any atom is -0.460 e. The van der Waals surface area contributed by atoms with E-state index in [-0.39, 0.29) is 5.97 Å². The van der Waals surface area contributed by atoms with Gasteiger partial charge in [-0.3, -0.25) is 4.79 Å². The highest BCUT2D eigenvalue weighted by Gasteiger charge is 2.15. The number of hydrogen-bond acceptors (Lipinski definition) is 6. The maximum atomic E-state index is 11.4. The van der Waals surface area contributed by atoms with Crippen LogP contribution in [0.25, 0.3) is 0 Å². The molecule has 0 amide bonds. The van der Waals surface area contributed by atoms with Gasteiger partial charge >= 0.3 is 5.97 Å². The molecule has 1 aromatic rings. The summed E-state index contributed by atoms with van der Waals surface area (Å²) in [5, 5.41) is 11.7. The van der Waals surface area contributed by atoms with Crippen LogP contribution in [0.1, 0.15) is 32.9 Å². The van der Waals surface area contributed by atoms with Crippen molar-refractivity contribution < 1.29 is 9.53 Å². The summed E-state index contributed by atoms with van der Waals surface area (Å²) < 4.78 is 5.16. The van der Waals surface area contributed by atoms with Gasteiger partial charge in [-0.05, 0) is 32.9 Å². The molecule has 0 aliphatic carbocycles. The molecule has 0 saturated carbocycles. The van der Waals surface area contributed by atoms with Crippen molar-refractivity contribution in [3.05, 3.63) is 24.0 Å². The van der Waals surface area contributed by atoms with Crippen molar-refractivity contribution in [2.45, 2.75) is 39.2 Å². The number of rotatable bonds is 6. The molecule has 0 aliphatic heterocycles. The third-order valence-corrected chi connectivity index (χ3v) is 1.97. The first-order chi connectivity index (χ1) is 8.97. The summed E-state index contributed by atoms with van der Waals surface area (Å²) >= 11 is 0. The van der Waals surface area contributed by atoms with E-state index in [0.29, 0.717) is 19.4 Å². The number of carbonyl (C=O) groups excluding carboxylic acids is 1. The van der Waals surface area contributed by atoms with Gasteiger partial charge in [0.2, 0.25) is 0 Å². The number of ether oxygens (including phenoxy) is 1. The molecule has 1 heterocycles. The summed E-state index contributed by atoms with van der Waals surface area (Å²) in [6, 6.07) is 3.70. The van der Waals surface area contributed by atoms with E-state index in [2.05, 4.69) is 20.7 Å². The van der Waals surface area contributed by atoms with Gasteiger partial charge in [0.1, 0.15) is 5.60 Å². The third kappa shape index (κ3) is 7.86. The van der Waals surface area contributed by atoms with Gasteiger partial charge in [-0.15, -0.1) is 0 Å². The number of esters is 1. The number of carbonyl (C=O) groups is 1. The van der Waals surface area contributed by atoms with E-state index in [1.807, 2.05) is 32.9 Å². The van der Waals surface area contributed by atoms with Crippen LogP contribution in [0.5, 0.6) is 0 Å². The van der Waals surface area contributed by atoms with Crippen molar-refractivity contribution >= 4 is 12.2 Å². The molecule has 1 rings (SSSR count). The highest BCUT2D eigenvalue weighted by Crippen LogP contribution is 2.07. The van der Waals surface area contributed by atoms with Crippen molar-refractivity contribution in [2.24, 2.45) is 5.10 Å². The first kappa shape index (κ1) is 15.1. The smallest absolute Gasteiger partial charge is 0.308 e. The Morgan fingerprint density at radius 1 is 1.53 bits per heavy atom. The van der Waals surface area contributed by atoms with Gasteiger partial charge in [0.05, 0.1) is 12.1 Å². The quantitative estimate of drug-likeness (QED) is 0.363. The van der Waals surface area contributed by atoms with Crippen molar-refractivity contribution in [1.82, 2.24) is 15.6 Å². The van der Waals surface area contributed by atoms with Gasteiger partial charge < -0.3 is 10.2 Å². The Hall–Kier alpha value is -1.98. The lowest BCUT2D eigenvalue weighted by molar-refractivity contribution is -0.154. The molecule has 0 fully saturated rings. The van der Waals surface area contributed by atoms with Crippen molar-refractivity contribution in [2.75, 3.05) is 6.54 Å². The Kier molecular flexibility index (Phi) is 5.92. The summed E-state index contributed by atoms with van der Waals surface area (Å²) in [5.74, 6) is -0.232. The van der Waals surface area contributed by atoms with Crippen LogP contribution in [0, 0.1) is 0 Å². The van der Waals surface area contributed by atoms with Crippen LogP contribution in [-0.4, -0.2) is 34.5 Å². The fraction of sp³-hybridized carbons (Fsp3) is 0.538. The van der Waals surface area contributed by atoms with Crippen LogP contribution < -0.4 is 5.43 Å². The Morgan fingerprint density at radius 3 is 2.95 bits per heavy atom. The molecule has 19 heavy (non-hydrogen) atoms. The number of nitrogens with one attached hydrogen (secondary N) is 1. The monoisotopic (exact) mass is 264 g/mol. The maximum absolute atomic E-state index is 11.4. The second-order valence-electron chi connectivity index (χ2n) is 4.98. The van der Waals surface area contributed by atoms with Crippen molar-refractivity contribution in [3.63, 3.8) is 0 Å². The van der Waals surface area contributed by atoms with Crippen LogP contribution in [0.3, 0.4) is 0 Å². The van der Waals surface area contributed by atoms with E-state index >= 15 is 0 Å². The molecule has 1 aromatic heterocycles. The average Bonchev–Trinajstić information content (AvgIpc) is 2.32. The standard InChI is InChI=1S/C13H20N4O2/c1-13(2,3)19-12(18)7-10-15-14-9-6-11-5-4-8-16-17-11/h4-5,8-9,15H,6-7,10H2,1-3H3/b14-9+. The zero-order valence-electron chi connectivity index (χ0n) is 11.6. The lowest BCUT2D eigenvalue weighted by Gasteiger charge is -2.19. The van der Waals surface area contributed by atoms with E-state index in [9.17, 15) is 4.79 Å². The van der Waals surface area contributed by atoms with E-state index in [4.69, 9.17) is 4.74 Å². The predicted molar refractivity (Wildman–Crippen MR) is 72.7 cm³/mol. The zero-order valence-corrected chi connectivity index (χ0v) is 11.6. The molecule has 0 aromatic carbocycles. The van der Waals surface area contributed by atoms with Gasteiger partial charge in [-0.2, -0.15) is 15.3 Å². The SMILES string of the molecule is CC(C)(C)OC(=O)CCN/N=C/Cc1cccnn1. The van der Waals surface area contributed by atoms with Crippen LogP contribution in [0.2, 0.25) is 0 Å². The summed E-state index contributed by atoms with van der Waals surface area (Å²) in [6.07, 6.45) is 4.21. The molecule has 0 atom stereocenters. The van der Waals surface area contributed by atoms with E-state index in [1.54, 1.807) is 12.4 Å². The summed E-state index contributed by atoms with van der Waals surface area (Å²) in [5.41, 5.74) is 3.20. The minimum absolute atomic E-state index is 0.232. The molecular weight excluding hydrogens is 244 g/mol. The largest absolute Gasteiger partial charge is 0.460 e. The molecule has 0 bridgehead atoms. The highest BCUT2D eigenvalue weighted by molar-refractivity contribution is 5.70. The molecule has 0 radical (unpaired) electrons. The number of nitrogens with zero attached hydrogens (tertiary/aromatic N) is 3. The number of aromatic nitrogens is 2. The highest BCUT2D eigenvalue weighted by atomic mass is 16.6. The normalized spacial score (nSPS) is 11.5. The fourth-order valence-corrected chi connectivity index (χ4v) is 1.26. The van der Waals surface area contributed by atoms with E-state index in [0.717, 1.165) is 5.69 Å². The summed E-state index contributed by atoms with van der Waals surface area (Å²) in [6.45, 7) is 5.98. The minimum atomic E-state index is -0.438. The molecule has 1 N–H and O–H groups in total. The average molecular weight is 264 g/mol. The number of hydrogen-bond donors (Lipinski definition) is 1. The molecule has 6 nitrogen and oxygen atoms in total. The Labute approximate surface area is 113 Å². The third-order valence-electron chi connectivity index (χ3n) is 1.97. The van der Waals surface area contributed by atoms with Crippen LogP contribution in [0.15, 0.2) is 23.4 Å². The topological polar surface area (TPSA) is 76.5 Å². The summed E-state index contributed by atoms with van der Waals surface area (Å²) in [4.78, 5) is 11.4. The lowest BCUT2D eigenvalue weighted by atomic mass is 10.2. The van der Waals surface area contributed by atoms with E-state index in [1.165, 1.54) is 0 Å². The lowest BCUT2D eigenvalue weighted by Crippen LogP contribution is -2.25. The van der Waals surface area contributed by atoms with Crippen LogP contribution in [-0.2, 0) is 16.0 Å². The molecule has 0 saturated heterocycles. The van der Waals surface area contributed by atoms with Crippen LogP contribution in [0.4, 0.5) is 0 Å². The maximum Gasteiger partial charge on any atom is 0.308 e. The van der Waals surface area contributed by atoms with Gasteiger partial charge in [0.15, 0.2) is 0 Å². The van der Waals surface area contributed by atoms with Gasteiger partial charge in [-0.1, -0.05) is 0 Å². The second kappa shape index (κ2) is 7.45. The molecule has 104 valence electrons. The Morgan fingerprint density at radius 2 is 2.32 bits per heavy atom. The molecule has 0 unspecified atom stereocenters. The molecule has 6 heteroatoms. The first-order valence-electron chi connectivity index (χ1n) is 6.20. The zero-order chi connectivity index (χ0) is 14.1. The Balaban J connectivity index is 2.12. The molecule has 0 aliphatic rings. The first-order valence-corrected chi connectivity index (χ1v) is 6.20. The van der Waals surface area contributed by atoms with Crippen LogP contribution >= 0.6 is 0 Å². The van der Waals surface area contributed by atoms with Gasteiger partial charge in [-0.25, -0.2) is 0 Å². The van der Waals surface area contributed by atoms with Gasteiger partial charge in [0, 0.05) is 25.4 Å².